The molecule has 0 aliphatic carbocycles. The van der Waals surface area contributed by atoms with Crippen molar-refractivity contribution in [3.05, 3.63) is 188 Å². The first-order chi connectivity index (χ1) is 26.5. The van der Waals surface area contributed by atoms with E-state index in [4.69, 9.17) is 24.9 Å². The molecule has 0 aliphatic rings. The fourth-order valence-electron chi connectivity index (χ4n) is 6.42. The molecule has 0 radical (unpaired) electrons. The van der Waals surface area contributed by atoms with Crippen LogP contribution in [-0.2, 0) is 0 Å². The highest BCUT2D eigenvalue weighted by molar-refractivity contribution is 5.82. The van der Waals surface area contributed by atoms with Gasteiger partial charge in [0.2, 0.25) is 0 Å². The minimum Gasteiger partial charge on any atom is -0.244 e. The van der Waals surface area contributed by atoms with Gasteiger partial charge in [-0.25, -0.2) is 33.7 Å². The van der Waals surface area contributed by atoms with Crippen molar-refractivity contribution in [2.75, 3.05) is 0 Å². The summed E-state index contributed by atoms with van der Waals surface area (Å²) in [6.07, 6.45) is 0. The van der Waals surface area contributed by atoms with E-state index in [2.05, 4.69) is 30.3 Å². The number of aromatic nitrogens is 5. The van der Waals surface area contributed by atoms with Gasteiger partial charge in [0.05, 0.1) is 28.3 Å². The van der Waals surface area contributed by atoms with Gasteiger partial charge in [-0.3, -0.25) is 0 Å². The van der Waals surface area contributed by atoms with Crippen LogP contribution in [0.5, 0.6) is 0 Å². The van der Waals surface area contributed by atoms with Gasteiger partial charge in [-0.2, -0.15) is 0 Å². The molecule has 0 N–H and O–H groups in total. The third kappa shape index (κ3) is 6.74. The number of halogens is 2. The monoisotopic (exact) mass is 701 g/mol. The van der Waals surface area contributed by atoms with Crippen LogP contribution in [0.25, 0.3) is 90.0 Å². The van der Waals surface area contributed by atoms with Crippen LogP contribution in [0, 0.1) is 11.6 Å². The van der Waals surface area contributed by atoms with E-state index in [1.54, 1.807) is 24.3 Å². The fraction of sp³-hybridized carbons (Fsp3) is 0. The minimum absolute atomic E-state index is 0.326. The number of hydrogen-bond donors (Lipinski definition) is 0. The number of fused-ring (bicyclic) bond motifs is 1. The summed E-state index contributed by atoms with van der Waals surface area (Å²) in [4.78, 5) is 24.5. The van der Waals surface area contributed by atoms with Crippen LogP contribution >= 0.6 is 0 Å². The average Bonchev–Trinajstić information content (AvgIpc) is 3.24. The molecule has 0 unspecified atom stereocenters. The van der Waals surface area contributed by atoms with Crippen molar-refractivity contribution < 1.29 is 8.78 Å². The number of pyridine rings is 1. The lowest BCUT2D eigenvalue weighted by Gasteiger charge is -2.11. The van der Waals surface area contributed by atoms with E-state index in [1.165, 1.54) is 24.3 Å². The second-order valence-corrected chi connectivity index (χ2v) is 12.8. The molecule has 0 bridgehead atoms. The summed E-state index contributed by atoms with van der Waals surface area (Å²) in [7, 11) is 0. The van der Waals surface area contributed by atoms with Gasteiger partial charge in [-0.15, -0.1) is 0 Å². The first-order valence-electron chi connectivity index (χ1n) is 17.5. The lowest BCUT2D eigenvalue weighted by atomic mass is 10.0. The zero-order chi connectivity index (χ0) is 36.4. The van der Waals surface area contributed by atoms with E-state index in [0.717, 1.165) is 61.2 Å². The summed E-state index contributed by atoms with van der Waals surface area (Å²) in [6, 6.07) is 54.7. The molecule has 6 aromatic carbocycles. The second-order valence-electron chi connectivity index (χ2n) is 12.8. The molecule has 3 heterocycles. The smallest absolute Gasteiger partial charge is 0.179 e. The largest absolute Gasteiger partial charge is 0.244 e. The van der Waals surface area contributed by atoms with Crippen molar-refractivity contribution in [1.82, 2.24) is 24.9 Å². The normalized spacial score (nSPS) is 11.1. The molecule has 256 valence electrons. The first kappa shape index (κ1) is 32.6. The Morgan fingerprint density at radius 3 is 1.22 bits per heavy atom. The SMILES string of the molecule is Fc1ccc(-c2cc(-c3ccc(F)cc3)nc(-c3ccc(-c4ccc(-c5cc(-c6ccccc6)nc(-c6ccc7ccccc7n6)n5)cc4)cc3)n2)cc1. The molecule has 54 heavy (non-hydrogen) atoms. The maximum Gasteiger partial charge on any atom is 0.179 e. The first-order valence-corrected chi connectivity index (χ1v) is 17.5. The highest BCUT2D eigenvalue weighted by atomic mass is 19.1. The standard InChI is InChI=1S/C47H29F2N5/c48-38-23-18-35(19-24-38)43-29-44(36-20-25-39(49)26-21-36)52-46(51-43)37-16-12-31(13-17-37)30-10-14-34(15-11-30)45-28-42(32-6-2-1-3-7-32)53-47(54-45)41-27-22-33-8-4-5-9-40(33)50-41/h1-29H. The summed E-state index contributed by atoms with van der Waals surface area (Å²) in [6.45, 7) is 0. The van der Waals surface area contributed by atoms with Gasteiger partial charge in [0.15, 0.2) is 11.6 Å². The van der Waals surface area contributed by atoms with Crippen molar-refractivity contribution in [3.8, 4) is 79.1 Å². The summed E-state index contributed by atoms with van der Waals surface area (Å²) in [5, 5.41) is 1.06. The molecule has 5 nitrogen and oxygen atoms in total. The van der Waals surface area contributed by atoms with Crippen molar-refractivity contribution >= 4 is 10.9 Å². The highest BCUT2D eigenvalue weighted by Crippen LogP contribution is 2.32. The molecular formula is C47H29F2N5. The number of para-hydroxylation sites is 1. The van der Waals surface area contributed by atoms with Crippen LogP contribution in [0.3, 0.4) is 0 Å². The van der Waals surface area contributed by atoms with Gasteiger partial charge in [-0.1, -0.05) is 103 Å². The third-order valence-corrected chi connectivity index (χ3v) is 9.29. The van der Waals surface area contributed by atoms with Gasteiger partial charge in [0, 0.05) is 33.2 Å². The molecule has 3 aromatic heterocycles. The molecule has 9 aromatic rings. The van der Waals surface area contributed by atoms with Crippen LogP contribution in [0.2, 0.25) is 0 Å². The molecular weight excluding hydrogens is 673 g/mol. The summed E-state index contributed by atoms with van der Waals surface area (Å²) in [5.41, 5.74) is 10.8. The highest BCUT2D eigenvalue weighted by Gasteiger charge is 2.14. The van der Waals surface area contributed by atoms with Crippen LogP contribution in [0.1, 0.15) is 0 Å². The summed E-state index contributed by atoms with van der Waals surface area (Å²) < 4.78 is 27.5. The zero-order valence-corrected chi connectivity index (χ0v) is 28.7. The Morgan fingerprint density at radius 2 is 0.685 bits per heavy atom. The maximum atomic E-state index is 13.7. The molecule has 0 aliphatic heterocycles. The van der Waals surface area contributed by atoms with E-state index in [0.29, 0.717) is 28.7 Å². The fourth-order valence-corrected chi connectivity index (χ4v) is 6.42. The molecule has 0 amide bonds. The van der Waals surface area contributed by atoms with Crippen molar-refractivity contribution in [2.45, 2.75) is 0 Å². The Balaban J connectivity index is 1.04. The van der Waals surface area contributed by atoms with E-state index in [9.17, 15) is 8.78 Å². The lowest BCUT2D eigenvalue weighted by Crippen LogP contribution is -1.97. The number of nitrogens with zero attached hydrogens (tertiary/aromatic N) is 5. The lowest BCUT2D eigenvalue weighted by molar-refractivity contribution is 0.627. The predicted octanol–water partition coefficient (Wildman–Crippen LogP) is 11.8. The van der Waals surface area contributed by atoms with E-state index < -0.39 is 0 Å². The molecule has 7 heteroatoms. The summed E-state index contributed by atoms with van der Waals surface area (Å²) in [5.74, 6) is 0.415. The Kier molecular flexibility index (Phi) is 8.49. The second kappa shape index (κ2) is 14.1. The number of hydrogen-bond acceptors (Lipinski definition) is 5. The van der Waals surface area contributed by atoms with Crippen molar-refractivity contribution in [3.63, 3.8) is 0 Å². The maximum absolute atomic E-state index is 13.7. The summed E-state index contributed by atoms with van der Waals surface area (Å²) >= 11 is 0. The Morgan fingerprint density at radius 1 is 0.278 bits per heavy atom. The number of benzene rings is 6. The van der Waals surface area contributed by atoms with Gasteiger partial charge in [0.1, 0.15) is 17.3 Å². The molecule has 0 fully saturated rings. The Hall–Kier alpha value is -7.25. The van der Waals surface area contributed by atoms with Crippen LogP contribution in [0.4, 0.5) is 8.78 Å². The van der Waals surface area contributed by atoms with Gasteiger partial charge in [-0.05, 0) is 83.9 Å². The predicted molar refractivity (Wildman–Crippen MR) is 211 cm³/mol. The molecule has 0 saturated carbocycles. The van der Waals surface area contributed by atoms with Gasteiger partial charge >= 0.3 is 0 Å². The third-order valence-electron chi connectivity index (χ3n) is 9.29. The molecule has 9 rings (SSSR count). The van der Waals surface area contributed by atoms with E-state index >= 15 is 0 Å². The molecule has 0 spiro atoms. The number of rotatable bonds is 7. The van der Waals surface area contributed by atoms with Crippen molar-refractivity contribution in [1.29, 1.82) is 0 Å². The van der Waals surface area contributed by atoms with Gasteiger partial charge in [0.25, 0.3) is 0 Å². The Labute approximate surface area is 310 Å². The topological polar surface area (TPSA) is 64.5 Å². The molecule has 0 atom stereocenters. The van der Waals surface area contributed by atoms with Crippen LogP contribution in [-0.4, -0.2) is 24.9 Å². The minimum atomic E-state index is -0.326. The molecule has 0 saturated heterocycles. The quantitative estimate of drug-likeness (QED) is 0.165. The zero-order valence-electron chi connectivity index (χ0n) is 28.7. The van der Waals surface area contributed by atoms with E-state index in [-0.39, 0.29) is 11.6 Å². The van der Waals surface area contributed by atoms with Gasteiger partial charge < -0.3 is 0 Å². The van der Waals surface area contributed by atoms with Crippen molar-refractivity contribution in [2.24, 2.45) is 0 Å². The van der Waals surface area contributed by atoms with Crippen LogP contribution < -0.4 is 0 Å². The van der Waals surface area contributed by atoms with Crippen LogP contribution in [0.15, 0.2) is 176 Å². The van der Waals surface area contributed by atoms with E-state index in [1.807, 2.05) is 97.1 Å². The average molecular weight is 702 g/mol. The Bertz CT molecular complexity index is 2690.